The molecule has 0 aliphatic heterocycles. The van der Waals surface area contributed by atoms with E-state index in [2.05, 4.69) is 15.9 Å². The van der Waals surface area contributed by atoms with Gasteiger partial charge in [-0.3, -0.25) is 0 Å². The number of rotatable bonds is 3. The molecule has 0 amide bonds. The summed E-state index contributed by atoms with van der Waals surface area (Å²) in [6, 6.07) is 7.75. The van der Waals surface area contributed by atoms with Crippen molar-refractivity contribution < 1.29 is 13.9 Å². The van der Waals surface area contributed by atoms with Gasteiger partial charge >= 0.3 is 0 Å². The number of hydrogen-bond donors (Lipinski definition) is 1. The fraction of sp³-hybridized carbons (Fsp3) is 0.167. The zero-order valence-corrected chi connectivity index (χ0v) is 11.0. The second-order valence-electron chi connectivity index (χ2n) is 3.61. The van der Waals surface area contributed by atoms with Gasteiger partial charge in [-0.2, -0.15) is 0 Å². The maximum absolute atomic E-state index is 12.9. The highest BCUT2D eigenvalue weighted by Gasteiger charge is 2.13. The third kappa shape index (κ3) is 3.09. The van der Waals surface area contributed by atoms with Crippen molar-refractivity contribution in [1.29, 1.82) is 0 Å². The van der Waals surface area contributed by atoms with E-state index >= 15 is 0 Å². The summed E-state index contributed by atoms with van der Waals surface area (Å²) in [5.74, 6) is -0.0111. The van der Waals surface area contributed by atoms with Gasteiger partial charge in [0.25, 0.3) is 0 Å². The van der Waals surface area contributed by atoms with E-state index in [1.54, 1.807) is 18.2 Å². The molecule has 1 aromatic carbocycles. The summed E-state index contributed by atoms with van der Waals surface area (Å²) >= 11 is 8.82. The summed E-state index contributed by atoms with van der Waals surface area (Å²) in [4.78, 5) is 0. The van der Waals surface area contributed by atoms with Gasteiger partial charge in [0, 0.05) is 6.42 Å². The van der Waals surface area contributed by atoms with Crippen LogP contribution in [0.1, 0.15) is 17.4 Å². The molecule has 0 saturated heterocycles. The lowest BCUT2D eigenvalue weighted by Gasteiger charge is -2.08. The molecule has 1 atom stereocenters. The smallest absolute Gasteiger partial charge is 0.169 e. The summed E-state index contributed by atoms with van der Waals surface area (Å²) in [6.07, 6.45) is -0.456. The molecule has 2 nitrogen and oxygen atoms in total. The zero-order chi connectivity index (χ0) is 12.4. The Bertz CT molecular complexity index is 527. The number of benzene rings is 1. The van der Waals surface area contributed by atoms with Crippen LogP contribution in [0.25, 0.3) is 0 Å². The average molecular weight is 320 g/mol. The van der Waals surface area contributed by atoms with E-state index in [1.807, 2.05) is 0 Å². The Hall–Kier alpha value is -0.840. The predicted molar refractivity (Wildman–Crippen MR) is 66.5 cm³/mol. The van der Waals surface area contributed by atoms with E-state index < -0.39 is 11.9 Å². The molecular formula is C12H9BrClFO2. The van der Waals surface area contributed by atoms with Crippen molar-refractivity contribution in [3.05, 3.63) is 57.2 Å². The van der Waals surface area contributed by atoms with Crippen LogP contribution in [0, 0.1) is 5.82 Å². The van der Waals surface area contributed by atoms with E-state index in [4.69, 9.17) is 16.0 Å². The summed E-state index contributed by atoms with van der Waals surface area (Å²) in [5, 5.41) is 9.95. The molecule has 2 aromatic rings. The minimum atomic E-state index is -0.775. The summed E-state index contributed by atoms with van der Waals surface area (Å²) in [6.45, 7) is 0. The second kappa shape index (κ2) is 5.21. The minimum Gasteiger partial charge on any atom is -0.452 e. The van der Waals surface area contributed by atoms with Gasteiger partial charge in [-0.1, -0.05) is 17.7 Å². The van der Waals surface area contributed by atoms with Crippen molar-refractivity contribution in [3.8, 4) is 0 Å². The van der Waals surface area contributed by atoms with E-state index in [1.165, 1.54) is 12.1 Å². The fourth-order valence-electron chi connectivity index (χ4n) is 1.50. The molecule has 0 aliphatic rings. The van der Waals surface area contributed by atoms with Gasteiger partial charge in [0.2, 0.25) is 0 Å². The first-order valence-corrected chi connectivity index (χ1v) is 6.10. The van der Waals surface area contributed by atoms with Crippen molar-refractivity contribution in [2.75, 3.05) is 0 Å². The average Bonchev–Trinajstić information content (AvgIpc) is 2.70. The fourth-order valence-corrected chi connectivity index (χ4v) is 2.02. The van der Waals surface area contributed by atoms with Gasteiger partial charge in [-0.05, 0) is 45.8 Å². The van der Waals surface area contributed by atoms with E-state index in [0.29, 0.717) is 16.9 Å². The molecule has 1 heterocycles. The lowest BCUT2D eigenvalue weighted by molar-refractivity contribution is 0.149. The number of halogens is 3. The number of aliphatic hydroxyl groups excluding tert-OH is 1. The van der Waals surface area contributed by atoms with Crippen LogP contribution in [-0.4, -0.2) is 5.11 Å². The van der Waals surface area contributed by atoms with Crippen LogP contribution in [0.15, 0.2) is 39.4 Å². The first kappa shape index (κ1) is 12.6. The Labute approximate surface area is 111 Å². The highest BCUT2D eigenvalue weighted by Crippen LogP contribution is 2.25. The molecule has 1 unspecified atom stereocenters. The van der Waals surface area contributed by atoms with E-state index in [9.17, 15) is 9.50 Å². The van der Waals surface area contributed by atoms with E-state index in [-0.39, 0.29) is 5.02 Å². The largest absolute Gasteiger partial charge is 0.452 e. The molecule has 0 saturated carbocycles. The number of hydrogen-bond acceptors (Lipinski definition) is 2. The molecule has 0 fully saturated rings. The van der Waals surface area contributed by atoms with Crippen LogP contribution in [0.3, 0.4) is 0 Å². The monoisotopic (exact) mass is 318 g/mol. The molecule has 0 spiro atoms. The SMILES string of the molecule is OC(Cc1ccc(F)c(Cl)c1)c1ccc(Br)o1. The molecule has 0 radical (unpaired) electrons. The predicted octanol–water partition coefficient (Wildman–Crippen LogP) is 4.11. The Morgan fingerprint density at radius 3 is 2.71 bits per heavy atom. The molecular weight excluding hydrogens is 310 g/mol. The topological polar surface area (TPSA) is 33.4 Å². The normalized spacial score (nSPS) is 12.7. The molecule has 2 rings (SSSR count). The van der Waals surface area contributed by atoms with Crippen molar-refractivity contribution in [2.24, 2.45) is 0 Å². The Morgan fingerprint density at radius 2 is 2.12 bits per heavy atom. The Balaban J connectivity index is 2.12. The summed E-state index contributed by atoms with van der Waals surface area (Å²) < 4.78 is 18.7. The standard InChI is InChI=1S/C12H9BrClFO2/c13-12-4-3-11(17-12)10(16)6-7-1-2-9(15)8(14)5-7/h1-5,10,16H,6H2. The lowest BCUT2D eigenvalue weighted by atomic mass is 10.1. The van der Waals surface area contributed by atoms with E-state index in [0.717, 1.165) is 5.56 Å². The van der Waals surface area contributed by atoms with Crippen molar-refractivity contribution >= 4 is 27.5 Å². The van der Waals surface area contributed by atoms with Crippen molar-refractivity contribution in [2.45, 2.75) is 12.5 Å². The highest BCUT2D eigenvalue weighted by molar-refractivity contribution is 9.10. The third-order valence-corrected chi connectivity index (χ3v) is 3.05. The van der Waals surface area contributed by atoms with Crippen molar-refractivity contribution in [1.82, 2.24) is 0 Å². The second-order valence-corrected chi connectivity index (χ2v) is 4.80. The highest BCUT2D eigenvalue weighted by atomic mass is 79.9. The van der Waals surface area contributed by atoms with Crippen LogP contribution < -0.4 is 0 Å². The van der Waals surface area contributed by atoms with Gasteiger partial charge < -0.3 is 9.52 Å². The van der Waals surface area contributed by atoms with Gasteiger partial charge in [0.1, 0.15) is 17.7 Å². The minimum absolute atomic E-state index is 0.0512. The maximum atomic E-state index is 12.9. The Kier molecular flexibility index (Phi) is 3.86. The number of aliphatic hydroxyl groups is 1. The molecule has 1 N–H and O–H groups in total. The first-order valence-electron chi connectivity index (χ1n) is 4.93. The summed E-state index contributed by atoms with van der Waals surface area (Å²) in [5.41, 5.74) is 0.747. The summed E-state index contributed by atoms with van der Waals surface area (Å²) in [7, 11) is 0. The van der Waals surface area contributed by atoms with Crippen LogP contribution in [-0.2, 0) is 6.42 Å². The number of furan rings is 1. The maximum Gasteiger partial charge on any atom is 0.169 e. The van der Waals surface area contributed by atoms with Gasteiger partial charge in [0.05, 0.1) is 5.02 Å². The molecule has 5 heteroatoms. The zero-order valence-electron chi connectivity index (χ0n) is 8.66. The molecule has 90 valence electrons. The van der Waals surface area contributed by atoms with Crippen LogP contribution in [0.4, 0.5) is 4.39 Å². The molecule has 17 heavy (non-hydrogen) atoms. The lowest BCUT2D eigenvalue weighted by Crippen LogP contribution is -2.00. The van der Waals surface area contributed by atoms with Crippen LogP contribution >= 0.6 is 27.5 Å². The van der Waals surface area contributed by atoms with Gasteiger partial charge in [-0.15, -0.1) is 0 Å². The quantitative estimate of drug-likeness (QED) is 0.923. The first-order chi connectivity index (χ1) is 8.06. The Morgan fingerprint density at radius 1 is 1.35 bits per heavy atom. The van der Waals surface area contributed by atoms with Gasteiger partial charge in [-0.25, -0.2) is 4.39 Å². The van der Waals surface area contributed by atoms with Crippen LogP contribution in [0.2, 0.25) is 5.02 Å². The molecule has 1 aromatic heterocycles. The van der Waals surface area contributed by atoms with Gasteiger partial charge in [0.15, 0.2) is 4.67 Å². The van der Waals surface area contributed by atoms with Crippen molar-refractivity contribution in [3.63, 3.8) is 0 Å². The third-order valence-electron chi connectivity index (χ3n) is 2.34. The van der Waals surface area contributed by atoms with Crippen LogP contribution in [0.5, 0.6) is 0 Å². The molecule has 0 aliphatic carbocycles. The molecule has 0 bridgehead atoms.